The lowest BCUT2D eigenvalue weighted by molar-refractivity contribution is 0.0997. The first kappa shape index (κ1) is 20.9. The Labute approximate surface area is 192 Å². The number of nitrogens with two attached hydrogens (primary N) is 1. The summed E-state index contributed by atoms with van der Waals surface area (Å²) in [5.41, 5.74) is 7.53. The Balaban J connectivity index is 1.55. The first-order valence-electron chi connectivity index (χ1n) is 10.3. The molecule has 0 spiro atoms. The maximum atomic E-state index is 12.8. The van der Waals surface area contributed by atoms with Gasteiger partial charge in [0.15, 0.2) is 11.3 Å². The SMILES string of the molecule is COc1ccccc1-n1c(=O)[nH]c2c(C(N)=O)nc(Nc3ccc(Cn4ccnc4)cc3)nc21. The Hall–Kier alpha value is -4.93. The number of hydrogen-bond donors (Lipinski definition) is 3. The summed E-state index contributed by atoms with van der Waals surface area (Å²) in [6, 6.07) is 14.6. The average molecular weight is 456 g/mol. The summed E-state index contributed by atoms with van der Waals surface area (Å²) in [6.45, 7) is 0.684. The van der Waals surface area contributed by atoms with Gasteiger partial charge in [0, 0.05) is 24.6 Å². The number of aromatic nitrogens is 6. The number of benzene rings is 2. The van der Waals surface area contributed by atoms with E-state index in [0.717, 1.165) is 5.56 Å². The van der Waals surface area contributed by atoms with Crippen molar-refractivity contribution in [3.63, 3.8) is 0 Å². The Morgan fingerprint density at radius 1 is 1.15 bits per heavy atom. The zero-order valence-electron chi connectivity index (χ0n) is 18.1. The number of anilines is 2. The van der Waals surface area contributed by atoms with E-state index in [-0.39, 0.29) is 22.8 Å². The minimum Gasteiger partial charge on any atom is -0.495 e. The molecule has 0 aliphatic carbocycles. The summed E-state index contributed by atoms with van der Waals surface area (Å²) < 4.78 is 8.68. The summed E-state index contributed by atoms with van der Waals surface area (Å²) in [5, 5.41) is 3.08. The molecule has 3 heterocycles. The maximum absolute atomic E-state index is 12.8. The highest BCUT2D eigenvalue weighted by Crippen LogP contribution is 2.25. The quantitative estimate of drug-likeness (QED) is 0.340. The number of fused-ring (bicyclic) bond motifs is 1. The van der Waals surface area contributed by atoms with Crippen LogP contribution in [0.2, 0.25) is 0 Å². The monoisotopic (exact) mass is 456 g/mol. The van der Waals surface area contributed by atoms with Crippen molar-refractivity contribution >= 4 is 28.7 Å². The van der Waals surface area contributed by atoms with Gasteiger partial charge in [0.05, 0.1) is 19.1 Å². The van der Waals surface area contributed by atoms with Crippen LogP contribution in [0.1, 0.15) is 16.1 Å². The van der Waals surface area contributed by atoms with E-state index in [9.17, 15) is 9.59 Å². The van der Waals surface area contributed by atoms with E-state index >= 15 is 0 Å². The molecule has 3 aromatic heterocycles. The predicted octanol–water partition coefficient (Wildman–Crippen LogP) is 2.20. The van der Waals surface area contributed by atoms with Crippen LogP contribution in [0.5, 0.6) is 5.75 Å². The number of methoxy groups -OCH3 is 1. The minimum absolute atomic E-state index is 0.102. The summed E-state index contributed by atoms with van der Waals surface area (Å²) in [6.07, 6.45) is 5.36. The number of para-hydroxylation sites is 2. The molecule has 5 aromatic rings. The molecule has 5 rings (SSSR count). The largest absolute Gasteiger partial charge is 0.495 e. The summed E-state index contributed by atoms with van der Waals surface area (Å²) in [7, 11) is 1.51. The van der Waals surface area contributed by atoms with Crippen LogP contribution in [0.3, 0.4) is 0 Å². The van der Waals surface area contributed by atoms with Crippen molar-refractivity contribution < 1.29 is 9.53 Å². The van der Waals surface area contributed by atoms with E-state index < -0.39 is 11.6 Å². The van der Waals surface area contributed by atoms with Gasteiger partial charge in [0.25, 0.3) is 5.91 Å². The molecule has 0 atom stereocenters. The zero-order valence-corrected chi connectivity index (χ0v) is 18.1. The maximum Gasteiger partial charge on any atom is 0.332 e. The standard InChI is InChI=1S/C23H20N8O3/c1-34-17-5-3-2-4-16(17)31-21-19(28-23(31)33)18(20(24)32)27-22(29-21)26-15-8-6-14(7-9-15)12-30-11-10-25-13-30/h2-11,13H,12H2,1H3,(H2,24,32)(H,28,33)(H,26,27,29). The molecular formula is C23H20N8O3. The van der Waals surface area contributed by atoms with Crippen molar-refractivity contribution in [2.24, 2.45) is 5.73 Å². The van der Waals surface area contributed by atoms with Crippen molar-refractivity contribution in [1.82, 2.24) is 29.1 Å². The van der Waals surface area contributed by atoms with Gasteiger partial charge in [-0.3, -0.25) is 4.79 Å². The number of carbonyl (C=O) groups is 1. The smallest absolute Gasteiger partial charge is 0.332 e. The van der Waals surface area contributed by atoms with Crippen molar-refractivity contribution in [3.8, 4) is 11.4 Å². The van der Waals surface area contributed by atoms with Crippen LogP contribution < -0.4 is 21.5 Å². The van der Waals surface area contributed by atoms with E-state index in [0.29, 0.717) is 23.7 Å². The number of rotatable bonds is 7. The van der Waals surface area contributed by atoms with Crippen LogP contribution in [0, 0.1) is 0 Å². The zero-order chi connectivity index (χ0) is 23.7. The minimum atomic E-state index is -0.792. The van der Waals surface area contributed by atoms with Gasteiger partial charge in [0.2, 0.25) is 5.95 Å². The van der Waals surface area contributed by atoms with E-state index in [2.05, 4.69) is 25.3 Å². The van der Waals surface area contributed by atoms with Gasteiger partial charge >= 0.3 is 5.69 Å². The highest BCUT2D eigenvalue weighted by atomic mass is 16.5. The molecule has 11 nitrogen and oxygen atoms in total. The van der Waals surface area contributed by atoms with Gasteiger partial charge in [-0.05, 0) is 29.8 Å². The van der Waals surface area contributed by atoms with Crippen molar-refractivity contribution in [3.05, 3.63) is 89.0 Å². The molecule has 0 radical (unpaired) electrons. The number of hydrogen-bond acceptors (Lipinski definition) is 7. The van der Waals surface area contributed by atoms with E-state index in [1.807, 2.05) is 35.0 Å². The number of carbonyl (C=O) groups excluding carboxylic acids is 1. The molecule has 0 bridgehead atoms. The highest BCUT2D eigenvalue weighted by Gasteiger charge is 2.21. The first-order chi connectivity index (χ1) is 16.5. The van der Waals surface area contributed by atoms with Gasteiger partial charge in [-0.25, -0.2) is 19.3 Å². The third-order valence-corrected chi connectivity index (χ3v) is 5.23. The topological polar surface area (TPSA) is 146 Å². The number of nitrogens with one attached hydrogen (secondary N) is 2. The molecule has 0 saturated heterocycles. The van der Waals surface area contributed by atoms with E-state index in [1.54, 1.807) is 36.8 Å². The number of imidazole rings is 2. The fourth-order valence-corrected chi connectivity index (χ4v) is 3.67. The number of primary amides is 1. The first-order valence-corrected chi connectivity index (χ1v) is 10.3. The summed E-state index contributed by atoms with van der Waals surface area (Å²) >= 11 is 0. The summed E-state index contributed by atoms with van der Waals surface area (Å²) in [5.74, 6) is -0.210. The van der Waals surface area contributed by atoms with Crippen LogP contribution in [-0.4, -0.2) is 42.1 Å². The third kappa shape index (κ3) is 3.86. The van der Waals surface area contributed by atoms with Crippen LogP contribution >= 0.6 is 0 Å². The summed E-state index contributed by atoms with van der Waals surface area (Å²) in [4.78, 5) is 40.4. The molecule has 170 valence electrons. The molecule has 1 amide bonds. The second-order valence-corrected chi connectivity index (χ2v) is 7.45. The van der Waals surface area contributed by atoms with Crippen molar-refractivity contribution in [1.29, 1.82) is 0 Å². The van der Waals surface area contributed by atoms with Crippen LogP contribution in [0.4, 0.5) is 11.6 Å². The lowest BCUT2D eigenvalue weighted by Crippen LogP contribution is -2.16. The second kappa shape index (κ2) is 8.54. The Kier molecular flexibility index (Phi) is 5.26. The molecule has 0 unspecified atom stereocenters. The van der Waals surface area contributed by atoms with Gasteiger partial charge in [-0.15, -0.1) is 0 Å². The van der Waals surface area contributed by atoms with Crippen LogP contribution in [0.25, 0.3) is 16.9 Å². The number of amides is 1. The third-order valence-electron chi connectivity index (χ3n) is 5.23. The predicted molar refractivity (Wildman–Crippen MR) is 126 cm³/mol. The highest BCUT2D eigenvalue weighted by molar-refractivity contribution is 6.02. The number of aromatic amines is 1. The molecule has 2 aromatic carbocycles. The number of H-pyrrole nitrogens is 1. The number of nitrogens with zero attached hydrogens (tertiary/aromatic N) is 5. The Morgan fingerprint density at radius 3 is 2.65 bits per heavy atom. The Morgan fingerprint density at radius 2 is 1.94 bits per heavy atom. The lowest BCUT2D eigenvalue weighted by atomic mass is 10.2. The fourth-order valence-electron chi connectivity index (χ4n) is 3.67. The lowest BCUT2D eigenvalue weighted by Gasteiger charge is -2.11. The Bertz CT molecular complexity index is 1540. The molecule has 0 aliphatic rings. The molecule has 4 N–H and O–H groups in total. The normalized spacial score (nSPS) is 11.0. The molecule has 0 fully saturated rings. The van der Waals surface area contributed by atoms with E-state index in [1.165, 1.54) is 11.7 Å². The fraction of sp³-hybridized carbons (Fsp3) is 0.0870. The van der Waals surface area contributed by atoms with Crippen LogP contribution in [0.15, 0.2) is 72.0 Å². The molecular weight excluding hydrogens is 436 g/mol. The van der Waals surface area contributed by atoms with Gasteiger partial charge in [0.1, 0.15) is 11.3 Å². The molecule has 34 heavy (non-hydrogen) atoms. The van der Waals surface area contributed by atoms with Gasteiger partial charge in [-0.2, -0.15) is 4.98 Å². The van der Waals surface area contributed by atoms with Crippen molar-refractivity contribution in [2.45, 2.75) is 6.54 Å². The van der Waals surface area contributed by atoms with E-state index in [4.69, 9.17) is 10.5 Å². The second-order valence-electron chi connectivity index (χ2n) is 7.45. The van der Waals surface area contributed by atoms with Gasteiger partial charge in [-0.1, -0.05) is 24.3 Å². The average Bonchev–Trinajstić information content (AvgIpc) is 3.46. The van der Waals surface area contributed by atoms with Crippen molar-refractivity contribution in [2.75, 3.05) is 12.4 Å². The molecule has 11 heteroatoms. The van der Waals surface area contributed by atoms with Gasteiger partial charge < -0.3 is 25.3 Å². The molecule has 0 saturated carbocycles. The molecule has 0 aliphatic heterocycles. The van der Waals surface area contributed by atoms with Crippen LogP contribution in [-0.2, 0) is 6.54 Å². The number of ether oxygens (including phenoxy) is 1.